The van der Waals surface area contributed by atoms with Gasteiger partial charge in [0.15, 0.2) is 0 Å². The van der Waals surface area contributed by atoms with E-state index in [9.17, 15) is 14.7 Å². The van der Waals surface area contributed by atoms with Crippen LogP contribution in [0.1, 0.15) is 11.1 Å². The van der Waals surface area contributed by atoms with Crippen LogP contribution in [0, 0.1) is 0 Å². The number of fused-ring (bicyclic) bond motifs is 2. The number of rotatable bonds is 8. The van der Waals surface area contributed by atoms with E-state index < -0.39 is 17.9 Å². The summed E-state index contributed by atoms with van der Waals surface area (Å²) in [5.41, 5.74) is 5.00. The van der Waals surface area contributed by atoms with E-state index in [2.05, 4.69) is 34.6 Å². The molecular weight excluding hydrogens is 500 g/mol. The Labute approximate surface area is 230 Å². The number of carbonyl (C=O) groups excluding carboxylic acids is 1. The lowest BCUT2D eigenvalue weighted by Crippen LogP contribution is -2.41. The average Bonchev–Trinajstić information content (AvgIpc) is 3.60. The first kappa shape index (κ1) is 24.9. The summed E-state index contributed by atoms with van der Waals surface area (Å²) < 4.78 is 1.78. The van der Waals surface area contributed by atoms with Gasteiger partial charge in [0, 0.05) is 46.9 Å². The first-order chi connectivity index (χ1) is 19.5. The third-order valence-corrected chi connectivity index (χ3v) is 6.91. The molecular formula is C33H26N4O3. The average molecular weight is 527 g/mol. The minimum absolute atomic E-state index is 0.160. The van der Waals surface area contributed by atoms with Crippen molar-refractivity contribution in [2.24, 2.45) is 0 Å². The van der Waals surface area contributed by atoms with Crippen LogP contribution in [0.25, 0.3) is 44.7 Å². The van der Waals surface area contributed by atoms with Crippen LogP contribution in [-0.2, 0) is 16.0 Å². The maximum absolute atomic E-state index is 12.9. The molecule has 0 saturated heterocycles. The summed E-state index contributed by atoms with van der Waals surface area (Å²) >= 11 is 0. The SMILES string of the molecule is O=C(/C=C\c1cn(-c2ccccc2)nc1-c1ccc2ccccc2c1)N[C@@H](Cc1c[nH]c2ccccc12)C(=O)O. The molecule has 0 spiro atoms. The Morgan fingerprint density at radius 1 is 0.925 bits per heavy atom. The highest BCUT2D eigenvalue weighted by Gasteiger charge is 2.21. The first-order valence-electron chi connectivity index (χ1n) is 13.0. The number of benzene rings is 4. The van der Waals surface area contributed by atoms with Gasteiger partial charge >= 0.3 is 5.97 Å². The van der Waals surface area contributed by atoms with Gasteiger partial charge in [-0.05, 0) is 46.7 Å². The lowest BCUT2D eigenvalue weighted by molar-refractivity contribution is -0.141. The second kappa shape index (κ2) is 10.7. The number of para-hydroxylation sites is 2. The zero-order valence-corrected chi connectivity index (χ0v) is 21.5. The molecule has 7 heteroatoms. The van der Waals surface area contributed by atoms with E-state index >= 15 is 0 Å². The van der Waals surface area contributed by atoms with Crippen molar-refractivity contribution in [1.82, 2.24) is 20.1 Å². The van der Waals surface area contributed by atoms with Gasteiger partial charge in [0.05, 0.1) is 11.4 Å². The molecule has 7 nitrogen and oxygen atoms in total. The Bertz CT molecular complexity index is 1870. The summed E-state index contributed by atoms with van der Waals surface area (Å²) in [6.45, 7) is 0. The van der Waals surface area contributed by atoms with E-state index in [0.29, 0.717) is 5.69 Å². The van der Waals surface area contributed by atoms with Crippen LogP contribution in [-0.4, -0.2) is 37.8 Å². The van der Waals surface area contributed by atoms with Gasteiger partial charge < -0.3 is 15.4 Å². The number of hydrogen-bond acceptors (Lipinski definition) is 3. The molecule has 0 aliphatic rings. The number of nitrogens with zero attached hydrogens (tertiary/aromatic N) is 2. The fourth-order valence-corrected chi connectivity index (χ4v) is 4.89. The number of carboxylic acids is 1. The molecule has 0 fully saturated rings. The van der Waals surface area contributed by atoms with Crippen LogP contribution in [0.5, 0.6) is 0 Å². The maximum Gasteiger partial charge on any atom is 0.326 e. The molecule has 1 amide bonds. The molecule has 40 heavy (non-hydrogen) atoms. The minimum atomic E-state index is -1.10. The Morgan fingerprint density at radius 2 is 1.68 bits per heavy atom. The van der Waals surface area contributed by atoms with Crippen LogP contribution < -0.4 is 5.32 Å². The standard InChI is InChI=1S/C33H26N4O3/c38-31(35-30(33(39)40)19-26-20-34-29-13-7-6-12-28(26)29)17-16-25-21-37(27-10-2-1-3-11-27)36-32(25)24-15-14-22-8-4-5-9-23(22)18-24/h1-18,20-21,30,34H,19H2,(H,35,38)(H,39,40)/b17-16-/t30-/m0/s1. The molecule has 0 aliphatic heterocycles. The molecule has 4 aromatic carbocycles. The highest BCUT2D eigenvalue weighted by molar-refractivity contribution is 5.96. The van der Waals surface area contributed by atoms with Crippen molar-refractivity contribution in [1.29, 1.82) is 0 Å². The molecule has 1 atom stereocenters. The number of nitrogens with one attached hydrogen (secondary N) is 2. The maximum atomic E-state index is 12.9. The number of aromatic nitrogens is 3. The number of carbonyl (C=O) groups is 2. The van der Waals surface area contributed by atoms with Crippen molar-refractivity contribution in [3.8, 4) is 16.9 Å². The molecule has 0 saturated carbocycles. The molecule has 3 N–H and O–H groups in total. The highest BCUT2D eigenvalue weighted by atomic mass is 16.4. The van der Waals surface area contributed by atoms with Crippen LogP contribution in [0.4, 0.5) is 0 Å². The zero-order chi connectivity index (χ0) is 27.5. The minimum Gasteiger partial charge on any atom is -0.480 e. The monoisotopic (exact) mass is 526 g/mol. The quantitative estimate of drug-likeness (QED) is 0.212. The van der Waals surface area contributed by atoms with Gasteiger partial charge in [0.2, 0.25) is 5.91 Å². The van der Waals surface area contributed by atoms with Gasteiger partial charge in [0.1, 0.15) is 6.04 Å². The molecule has 0 unspecified atom stereocenters. The van der Waals surface area contributed by atoms with E-state index in [-0.39, 0.29) is 6.42 Å². The van der Waals surface area contributed by atoms with Crippen molar-refractivity contribution in [3.63, 3.8) is 0 Å². The third-order valence-electron chi connectivity index (χ3n) is 6.91. The van der Waals surface area contributed by atoms with E-state index in [1.54, 1.807) is 17.0 Å². The fourth-order valence-electron chi connectivity index (χ4n) is 4.89. The molecule has 196 valence electrons. The second-order valence-corrected chi connectivity index (χ2v) is 9.57. The van der Waals surface area contributed by atoms with Crippen LogP contribution in [0.15, 0.2) is 116 Å². The van der Waals surface area contributed by atoms with Crippen LogP contribution in [0.2, 0.25) is 0 Å². The van der Waals surface area contributed by atoms with Gasteiger partial charge in [-0.2, -0.15) is 5.10 Å². The van der Waals surface area contributed by atoms with Crippen molar-refractivity contribution in [2.45, 2.75) is 12.5 Å². The Hall–Kier alpha value is -5.43. The van der Waals surface area contributed by atoms with E-state index in [1.165, 1.54) is 6.08 Å². The van der Waals surface area contributed by atoms with Crippen molar-refractivity contribution in [2.75, 3.05) is 0 Å². The lowest BCUT2D eigenvalue weighted by atomic mass is 10.0. The summed E-state index contributed by atoms with van der Waals surface area (Å²) in [4.78, 5) is 28.1. The van der Waals surface area contributed by atoms with E-state index in [1.807, 2.05) is 79.0 Å². The van der Waals surface area contributed by atoms with Gasteiger partial charge in [-0.3, -0.25) is 4.79 Å². The predicted molar refractivity (Wildman–Crippen MR) is 157 cm³/mol. The van der Waals surface area contributed by atoms with Crippen molar-refractivity contribution < 1.29 is 14.7 Å². The summed E-state index contributed by atoms with van der Waals surface area (Å²) in [7, 11) is 0. The van der Waals surface area contributed by atoms with E-state index in [4.69, 9.17) is 5.10 Å². The molecule has 2 aromatic heterocycles. The van der Waals surface area contributed by atoms with E-state index in [0.717, 1.165) is 44.1 Å². The summed E-state index contributed by atoms with van der Waals surface area (Å²) in [6.07, 6.45) is 6.85. The van der Waals surface area contributed by atoms with Crippen LogP contribution in [0.3, 0.4) is 0 Å². The Morgan fingerprint density at radius 3 is 2.50 bits per heavy atom. The number of hydrogen-bond donors (Lipinski definition) is 3. The largest absolute Gasteiger partial charge is 0.480 e. The molecule has 6 rings (SSSR count). The predicted octanol–water partition coefficient (Wildman–Crippen LogP) is 6.00. The number of aliphatic carboxylic acids is 1. The van der Waals surface area contributed by atoms with Gasteiger partial charge in [-0.25, -0.2) is 9.48 Å². The highest BCUT2D eigenvalue weighted by Crippen LogP contribution is 2.28. The Balaban J connectivity index is 1.28. The normalized spacial score (nSPS) is 12.2. The van der Waals surface area contributed by atoms with Gasteiger partial charge in [-0.1, -0.05) is 72.8 Å². The summed E-state index contributed by atoms with van der Waals surface area (Å²) in [5, 5.41) is 20.5. The van der Waals surface area contributed by atoms with Gasteiger partial charge in [-0.15, -0.1) is 0 Å². The second-order valence-electron chi connectivity index (χ2n) is 9.57. The zero-order valence-electron chi connectivity index (χ0n) is 21.5. The Kier molecular flexibility index (Phi) is 6.68. The fraction of sp³-hybridized carbons (Fsp3) is 0.0606. The third kappa shape index (κ3) is 5.13. The number of aromatic amines is 1. The smallest absolute Gasteiger partial charge is 0.326 e. The molecule has 0 bridgehead atoms. The van der Waals surface area contributed by atoms with Crippen molar-refractivity contribution >= 4 is 39.6 Å². The van der Waals surface area contributed by atoms with Crippen LogP contribution >= 0.6 is 0 Å². The molecule has 0 radical (unpaired) electrons. The first-order valence-corrected chi connectivity index (χ1v) is 13.0. The number of H-pyrrole nitrogens is 1. The van der Waals surface area contributed by atoms with Crippen molar-refractivity contribution in [3.05, 3.63) is 127 Å². The number of carboxylic acid groups (broad SMARTS) is 1. The summed E-state index contributed by atoms with van der Waals surface area (Å²) in [5.74, 6) is -1.59. The lowest BCUT2D eigenvalue weighted by Gasteiger charge is -2.12. The topological polar surface area (TPSA) is 100 Å². The molecule has 2 heterocycles. The molecule has 0 aliphatic carbocycles. The summed E-state index contributed by atoms with van der Waals surface area (Å²) in [6, 6.07) is 30.6. The molecule has 6 aromatic rings. The van der Waals surface area contributed by atoms with Gasteiger partial charge in [0.25, 0.3) is 0 Å². The number of amides is 1.